The van der Waals surface area contributed by atoms with E-state index in [2.05, 4.69) is 21.2 Å². The van der Waals surface area contributed by atoms with Crippen LogP contribution in [0.3, 0.4) is 0 Å². The molecule has 1 amide bonds. The number of hydrogen-bond acceptors (Lipinski definition) is 2. The van der Waals surface area contributed by atoms with Crippen molar-refractivity contribution in [3.63, 3.8) is 0 Å². The Morgan fingerprint density at radius 1 is 1.30 bits per heavy atom. The van der Waals surface area contributed by atoms with Gasteiger partial charge in [0.1, 0.15) is 0 Å². The zero-order valence-electron chi connectivity index (χ0n) is 10.9. The number of anilines is 1. The fourth-order valence-electron chi connectivity index (χ4n) is 1.87. The summed E-state index contributed by atoms with van der Waals surface area (Å²) in [7, 11) is 0. The average Bonchev–Trinajstić information content (AvgIpc) is 2.38. The van der Waals surface area contributed by atoms with Crippen molar-refractivity contribution < 1.29 is 4.79 Å². The number of rotatable bonds is 4. The quantitative estimate of drug-likeness (QED) is 0.868. The topological polar surface area (TPSA) is 55.1 Å². The number of benzene rings is 2. The summed E-state index contributed by atoms with van der Waals surface area (Å²) in [5.74, 6) is -0.421. The lowest BCUT2D eigenvalue weighted by Gasteiger charge is -2.11. The molecule has 0 bridgehead atoms. The molecule has 0 aliphatic rings. The van der Waals surface area contributed by atoms with E-state index in [-0.39, 0.29) is 0 Å². The van der Waals surface area contributed by atoms with E-state index in [1.165, 1.54) is 0 Å². The smallest absolute Gasteiger partial charge is 0.248 e. The molecule has 0 aliphatic carbocycles. The Labute approximate surface area is 131 Å². The van der Waals surface area contributed by atoms with Crippen molar-refractivity contribution >= 4 is 39.1 Å². The molecule has 3 N–H and O–H groups in total. The number of nitrogens with two attached hydrogens (primary N) is 1. The van der Waals surface area contributed by atoms with Gasteiger partial charge < -0.3 is 11.1 Å². The van der Waals surface area contributed by atoms with Gasteiger partial charge in [0.05, 0.1) is 0 Å². The lowest BCUT2D eigenvalue weighted by atomic mass is 10.1. The Balaban J connectivity index is 2.13. The fraction of sp³-hybridized carbons (Fsp3) is 0.133. The van der Waals surface area contributed by atoms with E-state index in [1.54, 1.807) is 12.1 Å². The highest BCUT2D eigenvalue weighted by Crippen LogP contribution is 2.23. The first-order chi connectivity index (χ1) is 9.47. The molecule has 3 nitrogen and oxygen atoms in total. The van der Waals surface area contributed by atoms with Gasteiger partial charge >= 0.3 is 0 Å². The molecule has 0 radical (unpaired) electrons. The Morgan fingerprint density at radius 3 is 2.65 bits per heavy atom. The number of primary amides is 1. The maximum Gasteiger partial charge on any atom is 0.248 e. The molecule has 0 aromatic heterocycles. The zero-order chi connectivity index (χ0) is 14.7. The summed E-state index contributed by atoms with van der Waals surface area (Å²) in [6, 6.07) is 11.1. The van der Waals surface area contributed by atoms with E-state index in [1.807, 2.05) is 31.2 Å². The Hall–Kier alpha value is -1.52. The van der Waals surface area contributed by atoms with Crippen LogP contribution in [0.1, 0.15) is 21.5 Å². The Morgan fingerprint density at radius 2 is 2.05 bits per heavy atom. The molecule has 0 saturated heterocycles. The Bertz CT molecular complexity index is 658. The van der Waals surface area contributed by atoms with Crippen molar-refractivity contribution in [3.05, 3.63) is 62.6 Å². The molecule has 0 unspecified atom stereocenters. The molecule has 0 saturated carbocycles. The van der Waals surface area contributed by atoms with Gasteiger partial charge in [0.15, 0.2) is 0 Å². The number of carbonyl (C=O) groups excluding carboxylic acids is 1. The largest absolute Gasteiger partial charge is 0.381 e. The standard InChI is InChI=1S/C15H14BrClN2O/c1-9-6-10(15(18)20)3-5-14(9)19-8-11-2-4-12(16)7-13(11)17/h2-7,19H,8H2,1H3,(H2,18,20). The third-order valence-corrected chi connectivity index (χ3v) is 3.84. The van der Waals surface area contributed by atoms with Crippen LogP contribution in [0.5, 0.6) is 0 Å². The predicted molar refractivity (Wildman–Crippen MR) is 86.2 cm³/mol. The van der Waals surface area contributed by atoms with Gasteiger partial charge in [-0.3, -0.25) is 4.79 Å². The summed E-state index contributed by atoms with van der Waals surface area (Å²) in [6.45, 7) is 2.54. The van der Waals surface area contributed by atoms with Gasteiger partial charge in [-0.1, -0.05) is 33.6 Å². The molecule has 2 aromatic carbocycles. The first-order valence-electron chi connectivity index (χ1n) is 6.05. The summed E-state index contributed by atoms with van der Waals surface area (Å²) in [5.41, 5.74) is 8.69. The zero-order valence-corrected chi connectivity index (χ0v) is 13.3. The van der Waals surface area contributed by atoms with Crippen molar-refractivity contribution in [2.45, 2.75) is 13.5 Å². The van der Waals surface area contributed by atoms with Crippen molar-refractivity contribution in [2.75, 3.05) is 5.32 Å². The molecule has 0 aliphatic heterocycles. The van der Waals surface area contributed by atoms with E-state index in [0.717, 1.165) is 21.3 Å². The number of nitrogens with one attached hydrogen (secondary N) is 1. The number of carbonyl (C=O) groups is 1. The molecule has 2 aromatic rings. The van der Waals surface area contributed by atoms with Gasteiger partial charge in [-0.05, 0) is 48.4 Å². The van der Waals surface area contributed by atoms with Crippen LogP contribution in [0, 0.1) is 6.92 Å². The lowest BCUT2D eigenvalue weighted by molar-refractivity contribution is 0.1000. The average molecular weight is 354 g/mol. The molecule has 2 rings (SSSR count). The van der Waals surface area contributed by atoms with E-state index in [4.69, 9.17) is 17.3 Å². The first-order valence-corrected chi connectivity index (χ1v) is 7.22. The molecular weight excluding hydrogens is 340 g/mol. The van der Waals surface area contributed by atoms with E-state index < -0.39 is 5.91 Å². The van der Waals surface area contributed by atoms with E-state index in [9.17, 15) is 4.79 Å². The van der Waals surface area contributed by atoms with Crippen LogP contribution >= 0.6 is 27.5 Å². The van der Waals surface area contributed by atoms with Crippen LogP contribution in [0.15, 0.2) is 40.9 Å². The second-order valence-electron chi connectivity index (χ2n) is 4.48. The van der Waals surface area contributed by atoms with Crippen LogP contribution in [0.2, 0.25) is 5.02 Å². The highest BCUT2D eigenvalue weighted by molar-refractivity contribution is 9.10. The maximum absolute atomic E-state index is 11.1. The van der Waals surface area contributed by atoms with Gasteiger partial charge in [0, 0.05) is 27.3 Å². The van der Waals surface area contributed by atoms with Crippen LogP contribution < -0.4 is 11.1 Å². The van der Waals surface area contributed by atoms with Crippen molar-refractivity contribution in [3.8, 4) is 0 Å². The van der Waals surface area contributed by atoms with Crippen LogP contribution in [-0.2, 0) is 6.54 Å². The number of aryl methyl sites for hydroxylation is 1. The number of hydrogen-bond donors (Lipinski definition) is 2. The van der Waals surface area contributed by atoms with Crippen molar-refractivity contribution in [1.29, 1.82) is 0 Å². The predicted octanol–water partition coefficient (Wildman–Crippen LogP) is 4.12. The second-order valence-corrected chi connectivity index (χ2v) is 5.81. The minimum atomic E-state index is -0.421. The van der Waals surface area contributed by atoms with Crippen molar-refractivity contribution in [2.24, 2.45) is 5.73 Å². The van der Waals surface area contributed by atoms with E-state index >= 15 is 0 Å². The lowest BCUT2D eigenvalue weighted by Crippen LogP contribution is -2.11. The third-order valence-electron chi connectivity index (χ3n) is 3.00. The summed E-state index contributed by atoms with van der Waals surface area (Å²) in [6.07, 6.45) is 0. The summed E-state index contributed by atoms with van der Waals surface area (Å²) in [5, 5.41) is 4.01. The molecular formula is C15H14BrClN2O. The summed E-state index contributed by atoms with van der Waals surface area (Å²) in [4.78, 5) is 11.1. The molecule has 0 atom stereocenters. The van der Waals surface area contributed by atoms with Crippen LogP contribution in [-0.4, -0.2) is 5.91 Å². The van der Waals surface area contributed by atoms with Gasteiger partial charge in [-0.2, -0.15) is 0 Å². The molecule has 5 heteroatoms. The number of amides is 1. The van der Waals surface area contributed by atoms with Crippen LogP contribution in [0.25, 0.3) is 0 Å². The SMILES string of the molecule is Cc1cc(C(N)=O)ccc1NCc1ccc(Br)cc1Cl. The van der Waals surface area contributed by atoms with Crippen LogP contribution in [0.4, 0.5) is 5.69 Å². The molecule has 104 valence electrons. The minimum absolute atomic E-state index is 0.421. The van der Waals surface area contributed by atoms with Gasteiger partial charge in [0.25, 0.3) is 0 Å². The maximum atomic E-state index is 11.1. The third kappa shape index (κ3) is 3.52. The Kier molecular flexibility index (Phi) is 4.68. The molecule has 20 heavy (non-hydrogen) atoms. The van der Waals surface area contributed by atoms with Gasteiger partial charge in [-0.25, -0.2) is 0 Å². The highest BCUT2D eigenvalue weighted by Gasteiger charge is 2.05. The van der Waals surface area contributed by atoms with E-state index in [0.29, 0.717) is 17.1 Å². The summed E-state index contributed by atoms with van der Waals surface area (Å²) < 4.78 is 0.952. The van der Waals surface area contributed by atoms with Gasteiger partial charge in [0.2, 0.25) is 5.91 Å². The monoisotopic (exact) mass is 352 g/mol. The fourth-order valence-corrected chi connectivity index (χ4v) is 2.61. The number of halogens is 2. The summed E-state index contributed by atoms with van der Waals surface area (Å²) >= 11 is 9.55. The highest BCUT2D eigenvalue weighted by atomic mass is 79.9. The molecule has 0 spiro atoms. The van der Waals surface area contributed by atoms with Gasteiger partial charge in [-0.15, -0.1) is 0 Å². The molecule has 0 fully saturated rings. The normalized spacial score (nSPS) is 10.3. The van der Waals surface area contributed by atoms with Crippen molar-refractivity contribution in [1.82, 2.24) is 0 Å². The molecule has 0 heterocycles. The minimum Gasteiger partial charge on any atom is -0.381 e. The first kappa shape index (κ1) is 14.9. The second kappa shape index (κ2) is 6.29.